The van der Waals surface area contributed by atoms with Crippen LogP contribution in [0.3, 0.4) is 0 Å². The molecule has 1 saturated carbocycles. The molecule has 36 heavy (non-hydrogen) atoms. The number of hydrogen-bond donors (Lipinski definition) is 1. The Morgan fingerprint density at radius 2 is 1.75 bits per heavy atom. The monoisotopic (exact) mass is 497 g/mol. The summed E-state index contributed by atoms with van der Waals surface area (Å²) < 4.78 is 5.94. The summed E-state index contributed by atoms with van der Waals surface area (Å²) in [5, 5.41) is 0.953. The number of rotatable bonds is 13. The maximum Gasteiger partial charge on any atom is 0.248 e. The van der Waals surface area contributed by atoms with E-state index in [9.17, 15) is 9.59 Å². The van der Waals surface area contributed by atoms with Gasteiger partial charge in [-0.05, 0) is 75.9 Å². The molecular formula is C30H47N3O3. The molecule has 0 spiro atoms. The first kappa shape index (κ1) is 28.2. The van der Waals surface area contributed by atoms with E-state index < -0.39 is 0 Å². The lowest BCUT2D eigenvalue weighted by Gasteiger charge is -2.36. The molecule has 1 atom stereocenters. The van der Waals surface area contributed by atoms with Gasteiger partial charge in [-0.3, -0.25) is 9.59 Å². The second kappa shape index (κ2) is 15.0. The van der Waals surface area contributed by atoms with Crippen LogP contribution in [0.4, 0.5) is 0 Å². The fraction of sp³-hybridized carbons (Fsp3) is 0.667. The Bertz CT molecular complexity index is 977. The van der Waals surface area contributed by atoms with Gasteiger partial charge in [0, 0.05) is 42.5 Å². The van der Waals surface area contributed by atoms with Crippen LogP contribution in [0.2, 0.25) is 0 Å². The number of ether oxygens (including phenoxy) is 1. The fourth-order valence-corrected chi connectivity index (χ4v) is 5.42. The average molecular weight is 498 g/mol. The van der Waals surface area contributed by atoms with E-state index in [4.69, 9.17) is 4.74 Å². The zero-order valence-corrected chi connectivity index (χ0v) is 22.8. The number of hydrogen-bond acceptors (Lipinski definition) is 4. The quantitative estimate of drug-likeness (QED) is 0.345. The summed E-state index contributed by atoms with van der Waals surface area (Å²) in [4.78, 5) is 32.3. The molecule has 200 valence electrons. The van der Waals surface area contributed by atoms with Gasteiger partial charge in [-0.1, -0.05) is 46.0 Å². The maximum atomic E-state index is 13.4. The van der Waals surface area contributed by atoms with E-state index in [-0.39, 0.29) is 11.6 Å². The number of amides is 1. The minimum absolute atomic E-state index is 0.101. The van der Waals surface area contributed by atoms with Crippen molar-refractivity contribution in [3.8, 4) is 5.75 Å². The summed E-state index contributed by atoms with van der Waals surface area (Å²) in [5.74, 6) is 1.73. The van der Waals surface area contributed by atoms with Crippen LogP contribution in [0.25, 0.3) is 10.9 Å². The van der Waals surface area contributed by atoms with Gasteiger partial charge in [0.05, 0.1) is 6.61 Å². The highest BCUT2D eigenvalue weighted by molar-refractivity contribution is 5.79. The Morgan fingerprint density at radius 3 is 2.47 bits per heavy atom. The maximum absolute atomic E-state index is 13.4. The Morgan fingerprint density at radius 1 is 1.03 bits per heavy atom. The molecule has 0 aliphatic heterocycles. The molecule has 1 aliphatic rings. The summed E-state index contributed by atoms with van der Waals surface area (Å²) in [6.45, 7) is 11.1. The Labute approximate surface area is 217 Å². The van der Waals surface area contributed by atoms with Gasteiger partial charge in [0.1, 0.15) is 5.75 Å². The van der Waals surface area contributed by atoms with Crippen molar-refractivity contribution >= 4 is 16.8 Å². The number of aromatic amines is 1. The number of nitrogens with one attached hydrogen (secondary N) is 1. The number of unbranched alkanes of at least 4 members (excludes halogenated alkanes) is 1. The van der Waals surface area contributed by atoms with E-state index in [0.29, 0.717) is 24.9 Å². The Hall–Kier alpha value is -2.34. The van der Waals surface area contributed by atoms with E-state index in [1.54, 1.807) is 0 Å². The van der Waals surface area contributed by atoms with Crippen molar-refractivity contribution in [3.63, 3.8) is 0 Å². The molecule has 1 fully saturated rings. The van der Waals surface area contributed by atoms with Gasteiger partial charge in [0.25, 0.3) is 0 Å². The molecule has 3 rings (SSSR count). The van der Waals surface area contributed by atoms with Crippen molar-refractivity contribution in [1.29, 1.82) is 0 Å². The van der Waals surface area contributed by atoms with Crippen molar-refractivity contribution in [3.05, 3.63) is 40.7 Å². The molecule has 1 aliphatic carbocycles. The first-order valence-electron chi connectivity index (χ1n) is 14.3. The number of pyridine rings is 1. The second-order valence-corrected chi connectivity index (χ2v) is 10.5. The largest absolute Gasteiger partial charge is 0.494 e. The van der Waals surface area contributed by atoms with Crippen molar-refractivity contribution in [2.45, 2.75) is 91.0 Å². The van der Waals surface area contributed by atoms with Crippen LogP contribution in [-0.2, 0) is 4.79 Å². The average Bonchev–Trinajstić information content (AvgIpc) is 2.86. The number of carbonyl (C=O) groups excluding carboxylic acids is 1. The lowest BCUT2D eigenvalue weighted by molar-refractivity contribution is -0.134. The fourth-order valence-electron chi connectivity index (χ4n) is 5.42. The third-order valence-electron chi connectivity index (χ3n) is 7.70. The number of fused-ring (bicyclic) bond motifs is 1. The summed E-state index contributed by atoms with van der Waals surface area (Å²) in [6, 6.07) is 9.28. The number of H-pyrrole nitrogens is 1. The van der Waals surface area contributed by atoms with Crippen molar-refractivity contribution in [2.75, 3.05) is 32.8 Å². The molecule has 1 amide bonds. The van der Waals surface area contributed by atoms with Gasteiger partial charge in [0.2, 0.25) is 11.5 Å². The molecule has 1 aromatic carbocycles. The predicted molar refractivity (Wildman–Crippen MR) is 149 cm³/mol. The van der Waals surface area contributed by atoms with E-state index >= 15 is 0 Å². The van der Waals surface area contributed by atoms with Gasteiger partial charge < -0.3 is 19.5 Å². The molecule has 6 heteroatoms. The highest BCUT2D eigenvalue weighted by Crippen LogP contribution is 2.25. The summed E-state index contributed by atoms with van der Waals surface area (Å²) >= 11 is 0. The molecule has 1 N–H and O–H groups in total. The third kappa shape index (κ3) is 8.95. The minimum atomic E-state index is -0.101. The predicted octanol–water partition coefficient (Wildman–Crippen LogP) is 6.00. The molecular weight excluding hydrogens is 450 g/mol. The van der Waals surface area contributed by atoms with E-state index in [2.05, 4.69) is 35.6 Å². The van der Waals surface area contributed by atoms with E-state index in [1.807, 2.05) is 24.3 Å². The van der Waals surface area contributed by atoms with Crippen molar-refractivity contribution in [2.24, 2.45) is 5.92 Å². The van der Waals surface area contributed by atoms with Crippen molar-refractivity contribution < 1.29 is 9.53 Å². The van der Waals surface area contributed by atoms with Gasteiger partial charge >= 0.3 is 0 Å². The van der Waals surface area contributed by atoms with Crippen LogP contribution < -0.4 is 10.3 Å². The van der Waals surface area contributed by atoms with Crippen LogP contribution in [-0.4, -0.2) is 59.5 Å². The summed E-state index contributed by atoms with van der Waals surface area (Å²) in [5.41, 5.74) is 0.708. The Kier molecular flexibility index (Phi) is 11.8. The van der Waals surface area contributed by atoms with E-state index in [1.165, 1.54) is 51.0 Å². The minimum Gasteiger partial charge on any atom is -0.494 e. The van der Waals surface area contributed by atoms with Crippen LogP contribution in [0.1, 0.15) is 85.0 Å². The molecule has 0 saturated heterocycles. The van der Waals surface area contributed by atoms with Gasteiger partial charge in [0.15, 0.2) is 0 Å². The molecule has 1 heterocycles. The molecule has 2 aromatic rings. The third-order valence-corrected chi connectivity index (χ3v) is 7.70. The number of carbonyl (C=O) groups is 1. The number of aromatic nitrogens is 1. The highest BCUT2D eigenvalue weighted by Gasteiger charge is 2.25. The highest BCUT2D eigenvalue weighted by atomic mass is 16.5. The molecule has 1 aromatic heterocycles. The van der Waals surface area contributed by atoms with Gasteiger partial charge in [-0.2, -0.15) is 0 Å². The number of likely N-dealkylation sites (N-methyl/N-ethyl adjacent to an activating group) is 1. The molecule has 0 radical (unpaired) electrons. The zero-order chi connectivity index (χ0) is 25.8. The lowest BCUT2D eigenvalue weighted by Crippen LogP contribution is -2.47. The SMILES string of the molecule is CCN(CC)CC(C)N(CC1CCCCCCC1)C(=O)CCCCOc1ccc2[nH]c(=O)ccc2c1. The summed E-state index contributed by atoms with van der Waals surface area (Å²) in [7, 11) is 0. The van der Waals surface area contributed by atoms with Gasteiger partial charge in [-0.15, -0.1) is 0 Å². The van der Waals surface area contributed by atoms with E-state index in [0.717, 1.165) is 55.7 Å². The zero-order valence-electron chi connectivity index (χ0n) is 22.8. The van der Waals surface area contributed by atoms with Crippen molar-refractivity contribution in [1.82, 2.24) is 14.8 Å². The molecule has 0 bridgehead atoms. The number of nitrogens with zero attached hydrogens (tertiary/aromatic N) is 2. The second-order valence-electron chi connectivity index (χ2n) is 10.5. The van der Waals surface area contributed by atoms with Gasteiger partial charge in [-0.25, -0.2) is 0 Å². The summed E-state index contributed by atoms with van der Waals surface area (Å²) in [6.07, 6.45) is 11.4. The number of benzene rings is 1. The molecule has 6 nitrogen and oxygen atoms in total. The first-order chi connectivity index (χ1) is 17.5. The lowest BCUT2D eigenvalue weighted by atomic mass is 9.90. The standard InChI is InChI=1S/C30H47N3O3/c1-4-32(5-2)22-24(3)33(23-25-13-9-7-6-8-10-14-25)30(35)15-11-12-20-36-27-17-18-28-26(21-27)16-19-29(34)31-28/h16-19,21,24-25H,4-15,20,22-23H2,1-3H3,(H,31,34). The topological polar surface area (TPSA) is 65.6 Å². The Balaban J connectivity index is 1.50. The van der Waals surface area contributed by atoms with Crippen LogP contribution in [0.5, 0.6) is 5.75 Å². The van der Waals surface area contributed by atoms with Crippen LogP contribution in [0.15, 0.2) is 35.1 Å². The van der Waals surface area contributed by atoms with Crippen LogP contribution >= 0.6 is 0 Å². The van der Waals surface area contributed by atoms with Crippen LogP contribution in [0, 0.1) is 5.92 Å². The smallest absolute Gasteiger partial charge is 0.248 e. The molecule has 1 unspecified atom stereocenters. The first-order valence-corrected chi connectivity index (χ1v) is 14.3. The normalized spacial score (nSPS) is 16.0.